The van der Waals surface area contributed by atoms with Crippen LogP contribution in [0.25, 0.3) is 21.9 Å². The molecule has 0 unspecified atom stereocenters. The van der Waals surface area contributed by atoms with E-state index in [-0.39, 0.29) is 32.5 Å². The van der Waals surface area contributed by atoms with Crippen molar-refractivity contribution < 1.29 is 4.42 Å². The van der Waals surface area contributed by atoms with Gasteiger partial charge in [0, 0.05) is 38.8 Å². The first kappa shape index (κ1) is 42.9. The van der Waals surface area contributed by atoms with Crippen LogP contribution in [0.2, 0.25) is 5.02 Å². The van der Waals surface area contributed by atoms with Gasteiger partial charge in [-0.05, 0) is 177 Å². The number of anilines is 6. The van der Waals surface area contributed by atoms with Crippen LogP contribution in [0.15, 0.2) is 120 Å². The van der Waals surface area contributed by atoms with E-state index in [4.69, 9.17) is 16.0 Å². The van der Waals surface area contributed by atoms with E-state index < -0.39 is 0 Å². The minimum atomic E-state index is 0.0285. The number of hydrogen-bond acceptors (Lipinski definition) is 3. The Morgan fingerprint density at radius 3 is 1.23 bits per heavy atom. The molecule has 10 rings (SSSR count). The zero-order valence-corrected chi connectivity index (χ0v) is 41.1. The zero-order chi connectivity index (χ0) is 45.4. The summed E-state index contributed by atoms with van der Waals surface area (Å²) in [4.78, 5) is 4.92. The molecule has 3 nitrogen and oxygen atoms in total. The van der Waals surface area contributed by atoms with Crippen molar-refractivity contribution in [2.45, 2.75) is 154 Å². The Morgan fingerprint density at radius 1 is 0.375 bits per heavy atom. The predicted octanol–water partition coefficient (Wildman–Crippen LogP) is 18.2. The molecule has 0 saturated carbocycles. The van der Waals surface area contributed by atoms with E-state index in [2.05, 4.69) is 208 Å². The van der Waals surface area contributed by atoms with Gasteiger partial charge in [0.1, 0.15) is 11.2 Å². The average molecular weight is 868 g/mol. The van der Waals surface area contributed by atoms with Crippen molar-refractivity contribution in [2.75, 3.05) is 9.80 Å². The van der Waals surface area contributed by atoms with Gasteiger partial charge < -0.3 is 14.2 Å². The summed E-state index contributed by atoms with van der Waals surface area (Å²) in [7, 11) is 0. The number of furan rings is 1. The number of para-hydroxylation sites is 1. The van der Waals surface area contributed by atoms with Gasteiger partial charge in [0.15, 0.2) is 0 Å². The standard InChI is InChI=1S/C60H67ClN2O/c1-55(2)26-29-58(7,8)48-35-39(20-23-45(48)55)62(40-21-24-46-49(36-40)59(9,10)30-27-56(46,3)4)42-32-38(61)33-43(34-42)63(41-22-25-47-50(37-41)60(11,12)31-28-57(47,5)6)51-17-15-19-53-54(51)44-16-13-14-18-52(44)64-53/h13-25,32-37H,26-31H2,1-12H3. The Balaban J connectivity index is 1.24. The molecule has 7 aromatic rings. The molecule has 1 heterocycles. The molecule has 3 aliphatic rings. The van der Waals surface area contributed by atoms with Crippen molar-refractivity contribution in [3.05, 3.63) is 154 Å². The fourth-order valence-electron chi connectivity index (χ4n) is 11.8. The van der Waals surface area contributed by atoms with E-state index in [0.717, 1.165) is 75.3 Å². The van der Waals surface area contributed by atoms with Crippen molar-refractivity contribution in [1.82, 2.24) is 0 Å². The molecule has 1 aromatic heterocycles. The van der Waals surface area contributed by atoms with Gasteiger partial charge in [0.25, 0.3) is 0 Å². The van der Waals surface area contributed by atoms with Crippen LogP contribution >= 0.6 is 11.6 Å². The lowest BCUT2D eigenvalue weighted by molar-refractivity contribution is 0.332. The summed E-state index contributed by atoms with van der Waals surface area (Å²) in [6, 6.07) is 43.3. The van der Waals surface area contributed by atoms with Crippen LogP contribution in [0.5, 0.6) is 0 Å². The maximum absolute atomic E-state index is 7.50. The molecule has 6 aromatic carbocycles. The third-order valence-electron chi connectivity index (χ3n) is 16.3. The van der Waals surface area contributed by atoms with Gasteiger partial charge >= 0.3 is 0 Å². The second-order valence-corrected chi connectivity index (χ2v) is 24.0. The fraction of sp³-hybridized carbons (Fsp3) is 0.400. The van der Waals surface area contributed by atoms with Crippen LogP contribution in [0.1, 0.15) is 155 Å². The first-order chi connectivity index (χ1) is 30.1. The Hall–Kier alpha value is -4.99. The summed E-state index contributed by atoms with van der Waals surface area (Å²) in [6.07, 6.45) is 6.96. The fourth-order valence-corrected chi connectivity index (χ4v) is 12.0. The molecule has 4 heteroatoms. The molecule has 0 bridgehead atoms. The monoisotopic (exact) mass is 866 g/mol. The van der Waals surface area contributed by atoms with Crippen LogP contribution in [0.4, 0.5) is 34.1 Å². The average Bonchev–Trinajstić information content (AvgIpc) is 3.63. The molecule has 0 amide bonds. The maximum Gasteiger partial charge on any atom is 0.137 e. The lowest BCUT2D eigenvalue weighted by atomic mass is 9.63. The molecule has 0 spiro atoms. The first-order valence-corrected chi connectivity index (χ1v) is 24.2. The van der Waals surface area contributed by atoms with Gasteiger partial charge in [0.05, 0.1) is 11.1 Å². The summed E-state index contributed by atoms with van der Waals surface area (Å²) in [5, 5.41) is 2.87. The van der Waals surface area contributed by atoms with Crippen LogP contribution < -0.4 is 9.80 Å². The summed E-state index contributed by atoms with van der Waals surface area (Å²) in [6.45, 7) is 29.0. The van der Waals surface area contributed by atoms with E-state index >= 15 is 0 Å². The Kier molecular flexibility index (Phi) is 9.73. The summed E-state index contributed by atoms with van der Waals surface area (Å²) < 4.78 is 6.56. The number of hydrogen-bond donors (Lipinski definition) is 0. The molecule has 3 aliphatic carbocycles. The van der Waals surface area contributed by atoms with Crippen LogP contribution in [0.3, 0.4) is 0 Å². The van der Waals surface area contributed by atoms with Crippen molar-refractivity contribution in [3.63, 3.8) is 0 Å². The number of fused-ring (bicyclic) bond motifs is 6. The number of halogens is 1. The zero-order valence-electron chi connectivity index (χ0n) is 40.4. The van der Waals surface area contributed by atoms with E-state index in [1.165, 1.54) is 52.6 Å². The molecule has 0 atom stereocenters. The van der Waals surface area contributed by atoms with Crippen molar-refractivity contribution in [1.29, 1.82) is 0 Å². The quantitative estimate of drug-likeness (QED) is 0.166. The Morgan fingerprint density at radius 2 is 0.766 bits per heavy atom. The Bertz CT molecular complexity index is 2910. The highest BCUT2D eigenvalue weighted by Crippen LogP contribution is 2.54. The van der Waals surface area contributed by atoms with E-state index in [0.29, 0.717) is 5.02 Å². The summed E-state index contributed by atoms with van der Waals surface area (Å²) >= 11 is 7.50. The van der Waals surface area contributed by atoms with E-state index in [1.54, 1.807) is 0 Å². The minimum absolute atomic E-state index is 0.0285. The molecule has 0 aliphatic heterocycles. The van der Waals surface area contributed by atoms with Crippen LogP contribution in [0, 0.1) is 0 Å². The van der Waals surface area contributed by atoms with Crippen LogP contribution in [-0.2, 0) is 32.5 Å². The van der Waals surface area contributed by atoms with Crippen molar-refractivity contribution in [2.24, 2.45) is 0 Å². The van der Waals surface area contributed by atoms with Gasteiger partial charge in [-0.15, -0.1) is 0 Å². The SMILES string of the molecule is CC1(C)CCC(C)(C)c2cc(N(c3cc(Cl)cc(N(c4ccc5c(c4)C(C)(C)CCC5(C)C)c4cccc5oc6ccccc6c45)c3)c3ccc4c(c3)C(C)(C)CCC4(C)C)ccc21. The summed E-state index contributed by atoms with van der Waals surface area (Å²) in [5.74, 6) is 0. The van der Waals surface area contributed by atoms with Gasteiger partial charge in [-0.2, -0.15) is 0 Å². The third-order valence-corrected chi connectivity index (χ3v) is 16.5. The molecule has 0 radical (unpaired) electrons. The topological polar surface area (TPSA) is 19.6 Å². The molecule has 0 N–H and O–H groups in total. The maximum atomic E-state index is 7.50. The second kappa shape index (κ2) is 14.5. The van der Waals surface area contributed by atoms with Gasteiger partial charge in [-0.3, -0.25) is 0 Å². The van der Waals surface area contributed by atoms with Gasteiger partial charge in [-0.1, -0.05) is 137 Å². The largest absolute Gasteiger partial charge is 0.456 e. The number of nitrogens with zero attached hydrogens (tertiary/aromatic N) is 2. The Labute approximate surface area is 387 Å². The lowest BCUT2D eigenvalue weighted by Crippen LogP contribution is -2.34. The number of benzene rings is 6. The van der Waals surface area contributed by atoms with E-state index in [9.17, 15) is 0 Å². The van der Waals surface area contributed by atoms with Crippen molar-refractivity contribution >= 4 is 67.7 Å². The molecule has 64 heavy (non-hydrogen) atoms. The van der Waals surface area contributed by atoms with Crippen LogP contribution in [-0.4, -0.2) is 0 Å². The molecular formula is C60H67ClN2O. The predicted molar refractivity (Wildman–Crippen MR) is 274 cm³/mol. The minimum Gasteiger partial charge on any atom is -0.456 e. The summed E-state index contributed by atoms with van der Waals surface area (Å²) in [5.41, 5.74) is 17.3. The lowest BCUT2D eigenvalue weighted by Gasteiger charge is -2.43. The molecule has 330 valence electrons. The van der Waals surface area contributed by atoms with Gasteiger partial charge in [-0.25, -0.2) is 0 Å². The first-order valence-electron chi connectivity index (χ1n) is 23.8. The highest BCUT2D eigenvalue weighted by Gasteiger charge is 2.41. The molecule has 0 saturated heterocycles. The van der Waals surface area contributed by atoms with Crippen molar-refractivity contribution in [3.8, 4) is 0 Å². The highest BCUT2D eigenvalue weighted by molar-refractivity contribution is 6.31. The normalized spacial score (nSPS) is 19.7. The van der Waals surface area contributed by atoms with Gasteiger partial charge in [0.2, 0.25) is 0 Å². The number of rotatable bonds is 6. The van der Waals surface area contributed by atoms with E-state index in [1.807, 2.05) is 0 Å². The third kappa shape index (κ3) is 6.99. The smallest absolute Gasteiger partial charge is 0.137 e. The molecule has 0 fully saturated rings. The molecular weight excluding hydrogens is 800 g/mol. The highest BCUT2D eigenvalue weighted by atomic mass is 35.5. The second-order valence-electron chi connectivity index (χ2n) is 23.6.